The molecule has 0 unspecified atom stereocenters. The molecule has 33 nitrogen and oxygen atoms in total. The Morgan fingerprint density at radius 1 is 0.276 bits per heavy atom. The smallest absolute Gasteiger partial charge is 0.360 e. The molecule has 0 fully saturated rings. The molecule has 0 saturated carbocycles. The predicted molar refractivity (Wildman–Crippen MR) is 309 cm³/mol. The van der Waals surface area contributed by atoms with Gasteiger partial charge in [0.2, 0.25) is 0 Å². The van der Waals surface area contributed by atoms with E-state index < -0.39 is 35.8 Å². The summed E-state index contributed by atoms with van der Waals surface area (Å²) < 4.78 is 38.0. The van der Waals surface area contributed by atoms with Gasteiger partial charge in [-0.1, -0.05) is 36.4 Å². The van der Waals surface area contributed by atoms with Crippen molar-refractivity contribution in [1.82, 2.24) is 92.5 Å². The number of hydrogen-bond donors (Lipinski definition) is 6. The lowest BCUT2D eigenvalue weighted by molar-refractivity contribution is 0.0586. The Balaban J connectivity index is 0.000000147. The topological polar surface area (TPSA) is 447 Å². The first-order valence-corrected chi connectivity index (χ1v) is 28.9. The minimum atomic E-state index is -0.484. The Labute approximate surface area is 510 Å². The summed E-state index contributed by atoms with van der Waals surface area (Å²) in [7, 11) is 7.89. The maximum absolute atomic E-state index is 11.3. The van der Waals surface area contributed by atoms with Gasteiger partial charge in [-0.3, -0.25) is 0 Å². The molecule has 0 atom stereocenters. The molecular weight excluding hydrogens is 1260 g/mol. The lowest BCUT2D eigenvalue weighted by atomic mass is 10.3. The quantitative estimate of drug-likeness (QED) is 0.0380. The SMILES string of the molecule is COC(=O)c1n[nH]nc1-c1cccs1.COC(=O)c1n[nH]nc1-c1cccs1.COC(=O)c1n[nH]nc1-c1cccs1.COC(=O)c1n[nH]nc1-c1cccs1.COC(=O)c1n[nH]nc1-c1cccs1.COC(=O)c1n[nH]nc1-c1cccs1.o1oo1. The van der Waals surface area contributed by atoms with Crippen LogP contribution in [0.4, 0.5) is 0 Å². The molecule has 87 heavy (non-hydrogen) atoms. The second-order valence-corrected chi connectivity index (χ2v) is 20.8. The van der Waals surface area contributed by atoms with Crippen LogP contribution in [-0.2, 0) is 28.4 Å². The van der Waals surface area contributed by atoms with Gasteiger partial charge in [0, 0.05) is 14.2 Å². The van der Waals surface area contributed by atoms with Crippen molar-refractivity contribution in [1.29, 1.82) is 0 Å². The van der Waals surface area contributed by atoms with Crippen LogP contribution in [0.5, 0.6) is 0 Å². The van der Waals surface area contributed by atoms with Crippen molar-refractivity contribution in [3.8, 4) is 63.4 Å². The normalized spacial score (nSPS) is 10.0. The number of methoxy groups -OCH3 is 6. The molecule has 13 aromatic rings. The molecular formula is C48H42N18O15S6. The van der Waals surface area contributed by atoms with Gasteiger partial charge in [-0.25, -0.2) is 28.8 Å². The van der Waals surface area contributed by atoms with Crippen LogP contribution < -0.4 is 0 Å². The molecule has 0 bridgehead atoms. The summed E-state index contributed by atoms with van der Waals surface area (Å²) >= 11 is 8.95. The molecule has 0 aliphatic carbocycles. The van der Waals surface area contributed by atoms with E-state index in [0.717, 1.165) is 29.3 Å². The Hall–Kier alpha value is -10.7. The van der Waals surface area contributed by atoms with E-state index in [4.69, 9.17) is 0 Å². The first kappa shape index (κ1) is 63.8. The van der Waals surface area contributed by atoms with Gasteiger partial charge in [0.25, 0.3) is 0 Å². The fraction of sp³-hybridized carbons (Fsp3) is 0.125. The van der Waals surface area contributed by atoms with Crippen molar-refractivity contribution in [2.45, 2.75) is 0 Å². The summed E-state index contributed by atoms with van der Waals surface area (Å²) in [5.74, 6) is -2.90. The van der Waals surface area contributed by atoms with Crippen molar-refractivity contribution in [2.24, 2.45) is 0 Å². The van der Waals surface area contributed by atoms with Crippen LogP contribution in [-0.4, -0.2) is 171 Å². The molecule has 0 aromatic carbocycles. The van der Waals surface area contributed by atoms with Crippen LogP contribution in [0.2, 0.25) is 0 Å². The molecule has 0 radical (unpaired) electrons. The van der Waals surface area contributed by atoms with Crippen LogP contribution in [0, 0.1) is 0 Å². The Bertz CT molecular complexity index is 3400. The molecule has 0 aliphatic heterocycles. The van der Waals surface area contributed by atoms with Crippen LogP contribution in [0.3, 0.4) is 0 Å². The van der Waals surface area contributed by atoms with Gasteiger partial charge in [-0.05, 0) is 68.7 Å². The first-order valence-electron chi connectivity index (χ1n) is 23.6. The number of hydrogen-bond acceptors (Lipinski definition) is 33. The summed E-state index contributed by atoms with van der Waals surface area (Å²) in [5, 5.41) is 71.7. The zero-order valence-electron chi connectivity index (χ0n) is 45.3. The van der Waals surface area contributed by atoms with E-state index in [1.807, 2.05) is 105 Å². The number of aromatic amines is 6. The Kier molecular flexibility index (Phi) is 24.2. The van der Waals surface area contributed by atoms with Crippen molar-refractivity contribution >= 4 is 104 Å². The third-order valence-corrected chi connectivity index (χ3v) is 15.4. The maximum Gasteiger partial charge on any atom is 0.360 e. The van der Waals surface area contributed by atoms with E-state index >= 15 is 0 Å². The van der Waals surface area contributed by atoms with Crippen LogP contribution >= 0.6 is 68.0 Å². The second-order valence-electron chi connectivity index (χ2n) is 15.1. The molecule has 0 aliphatic rings. The standard InChI is InChI=1S/6C8H7N3O2S.O3/c6*1-13-8(12)7-6(9-11-10-7)5-3-2-4-14-5;1-2-3-1/h6*2-4H,1H3,(H,9,10,11);. The Morgan fingerprint density at radius 3 is 0.529 bits per heavy atom. The van der Waals surface area contributed by atoms with Crippen molar-refractivity contribution in [3.05, 3.63) is 139 Å². The van der Waals surface area contributed by atoms with Gasteiger partial charge in [-0.2, -0.15) is 61.9 Å². The third kappa shape index (κ3) is 17.4. The van der Waals surface area contributed by atoms with E-state index in [1.54, 1.807) is 0 Å². The number of rotatable bonds is 12. The number of nitrogens with one attached hydrogen (secondary N) is 6. The average molecular weight is 1300 g/mol. The number of carbonyl (C=O) groups excluding carboxylic acids is 6. The van der Waals surface area contributed by atoms with E-state index in [9.17, 15) is 28.8 Å². The molecule has 39 heteroatoms. The number of ether oxygens (including phenoxy) is 6. The predicted octanol–water partition coefficient (Wildman–Crippen LogP) is 8.38. The van der Waals surface area contributed by atoms with Gasteiger partial charge in [0.15, 0.2) is 34.2 Å². The number of carbonyl (C=O) groups is 6. The largest absolute Gasteiger partial charge is 0.464 e. The highest BCUT2D eigenvalue weighted by atomic mass is 32.1. The summed E-state index contributed by atoms with van der Waals surface area (Å²) in [5.41, 5.74) is 4.51. The van der Waals surface area contributed by atoms with Crippen LogP contribution in [0.1, 0.15) is 62.9 Å². The molecule has 450 valence electrons. The van der Waals surface area contributed by atoms with Gasteiger partial charge in [-0.15, -0.1) is 98.6 Å². The van der Waals surface area contributed by atoms with Crippen molar-refractivity contribution < 1.29 is 71.4 Å². The number of esters is 6. The van der Waals surface area contributed by atoms with E-state index in [1.165, 1.54) is 111 Å². The van der Waals surface area contributed by atoms with E-state index in [2.05, 4.69) is 135 Å². The molecule has 13 rings (SSSR count). The van der Waals surface area contributed by atoms with E-state index in [-0.39, 0.29) is 34.2 Å². The van der Waals surface area contributed by atoms with Crippen molar-refractivity contribution in [3.63, 3.8) is 0 Å². The second kappa shape index (κ2) is 32.9. The van der Waals surface area contributed by atoms with Gasteiger partial charge >= 0.3 is 35.8 Å². The molecule has 13 aromatic heterocycles. The number of thiophene rings is 6. The third-order valence-electron chi connectivity index (χ3n) is 10.2. The zero-order chi connectivity index (χ0) is 61.9. The number of H-pyrrole nitrogens is 6. The van der Waals surface area contributed by atoms with E-state index in [0.29, 0.717) is 34.2 Å². The molecule has 0 amide bonds. The highest BCUT2D eigenvalue weighted by molar-refractivity contribution is 7.15. The first-order chi connectivity index (χ1) is 42.5. The zero-order valence-corrected chi connectivity index (χ0v) is 50.2. The van der Waals surface area contributed by atoms with Gasteiger partial charge < -0.3 is 28.4 Å². The minimum Gasteiger partial charge on any atom is -0.464 e. The molecule has 6 N–H and O–H groups in total. The molecule has 13 heterocycles. The lowest BCUT2D eigenvalue weighted by Gasteiger charge is -1.95. The minimum absolute atomic E-state index is 0.218. The molecule has 0 spiro atoms. The average Bonchev–Trinajstić information content (AvgIpc) is 4.03. The summed E-state index contributed by atoms with van der Waals surface area (Å²) in [4.78, 5) is 72.8. The summed E-state index contributed by atoms with van der Waals surface area (Å²) in [6.45, 7) is 0. The summed E-state index contributed by atoms with van der Waals surface area (Å²) in [6, 6.07) is 22.5. The fourth-order valence-electron chi connectivity index (χ4n) is 6.33. The molecule has 0 saturated heterocycles. The fourth-order valence-corrected chi connectivity index (χ4v) is 10.6. The summed E-state index contributed by atoms with van der Waals surface area (Å²) in [6.07, 6.45) is 0. The van der Waals surface area contributed by atoms with Gasteiger partial charge in [0.1, 0.15) is 34.2 Å². The highest BCUT2D eigenvalue weighted by Crippen LogP contribution is 2.29. The maximum atomic E-state index is 11.3. The monoisotopic (exact) mass is 1300 g/mol. The highest BCUT2D eigenvalue weighted by Gasteiger charge is 2.23. The lowest BCUT2D eigenvalue weighted by Crippen LogP contribution is -2.03. The number of aromatic nitrogens is 18. The van der Waals surface area contributed by atoms with Crippen LogP contribution in [0.25, 0.3) is 63.4 Å². The number of nitrogens with zero attached hydrogens (tertiary/aromatic N) is 12. The van der Waals surface area contributed by atoms with Crippen LogP contribution in [0.15, 0.2) is 119 Å². The Morgan fingerprint density at radius 2 is 0.425 bits per heavy atom. The van der Waals surface area contributed by atoms with Gasteiger partial charge in [0.05, 0.1) is 71.9 Å². The van der Waals surface area contributed by atoms with Crippen molar-refractivity contribution in [2.75, 3.05) is 42.7 Å².